The Morgan fingerprint density at radius 2 is 1.96 bits per heavy atom. The molecule has 1 aliphatic heterocycles. The number of hydrogen-bond donors (Lipinski definition) is 1. The molecule has 5 heteroatoms. The van der Waals surface area contributed by atoms with Crippen LogP contribution in [-0.2, 0) is 0 Å². The molecule has 1 saturated heterocycles. The number of methoxy groups -OCH3 is 1. The van der Waals surface area contributed by atoms with Crippen molar-refractivity contribution in [1.29, 1.82) is 0 Å². The minimum absolute atomic E-state index is 0.0758. The molecule has 1 fully saturated rings. The number of nitrogens with zero attached hydrogens (tertiary/aromatic N) is 3. The van der Waals surface area contributed by atoms with Crippen molar-refractivity contribution in [2.24, 2.45) is 0 Å². The van der Waals surface area contributed by atoms with Crippen LogP contribution in [0.25, 0.3) is 22.3 Å². The third-order valence-electron chi connectivity index (χ3n) is 5.41. The standard InChI is InChI=1S/C22H25N3O2/c1-3-15-9-6-7-14-25(15)22-16-10-4-5-12-18(16)23-21(24-22)17-11-8-13-19(27-2)20(17)26/h4-5,8,10-13,15,26H,3,6-7,9,14H2,1-2H3/t15-/m0/s1. The number of hydrogen-bond acceptors (Lipinski definition) is 5. The summed E-state index contributed by atoms with van der Waals surface area (Å²) < 4.78 is 5.26. The number of benzene rings is 2. The molecule has 0 aliphatic carbocycles. The SMILES string of the molecule is CC[C@H]1CCCCN1c1nc(-c2cccc(OC)c2O)nc2ccccc12. The molecule has 4 rings (SSSR count). The maximum Gasteiger partial charge on any atom is 0.168 e. The molecule has 3 aromatic rings. The molecule has 0 radical (unpaired) electrons. The van der Waals surface area contributed by atoms with Crippen molar-refractivity contribution in [1.82, 2.24) is 9.97 Å². The van der Waals surface area contributed by atoms with Gasteiger partial charge in [-0.05, 0) is 49.9 Å². The Kier molecular flexibility index (Phi) is 4.84. The summed E-state index contributed by atoms with van der Waals surface area (Å²) in [5, 5.41) is 11.7. The minimum Gasteiger partial charge on any atom is -0.504 e. The van der Waals surface area contributed by atoms with Gasteiger partial charge in [-0.15, -0.1) is 0 Å². The van der Waals surface area contributed by atoms with E-state index in [-0.39, 0.29) is 5.75 Å². The predicted octanol–water partition coefficient (Wildman–Crippen LogP) is 4.78. The van der Waals surface area contributed by atoms with Gasteiger partial charge in [0.1, 0.15) is 5.82 Å². The minimum atomic E-state index is 0.0758. The summed E-state index contributed by atoms with van der Waals surface area (Å²) in [7, 11) is 1.55. The van der Waals surface area contributed by atoms with E-state index in [1.165, 1.54) is 19.3 Å². The number of ether oxygens (including phenoxy) is 1. The normalized spacial score (nSPS) is 17.3. The Labute approximate surface area is 159 Å². The zero-order chi connectivity index (χ0) is 18.8. The van der Waals surface area contributed by atoms with Crippen LogP contribution in [0.2, 0.25) is 0 Å². The fourth-order valence-corrected chi connectivity index (χ4v) is 3.97. The highest BCUT2D eigenvalue weighted by molar-refractivity contribution is 5.91. The van der Waals surface area contributed by atoms with E-state index in [1.807, 2.05) is 30.3 Å². The summed E-state index contributed by atoms with van der Waals surface area (Å²) in [6.45, 7) is 3.24. The Hall–Kier alpha value is -2.82. The summed E-state index contributed by atoms with van der Waals surface area (Å²) in [4.78, 5) is 12.1. The van der Waals surface area contributed by atoms with Gasteiger partial charge in [-0.1, -0.05) is 25.1 Å². The van der Waals surface area contributed by atoms with E-state index in [0.717, 1.165) is 29.7 Å². The molecule has 2 aromatic carbocycles. The monoisotopic (exact) mass is 363 g/mol. The van der Waals surface area contributed by atoms with Crippen LogP contribution in [0.4, 0.5) is 5.82 Å². The highest BCUT2D eigenvalue weighted by Gasteiger charge is 2.25. The number of fused-ring (bicyclic) bond motifs is 1. The molecule has 0 amide bonds. The van der Waals surface area contributed by atoms with E-state index in [0.29, 0.717) is 23.2 Å². The zero-order valence-corrected chi connectivity index (χ0v) is 15.9. The first-order valence-corrected chi connectivity index (χ1v) is 9.62. The largest absolute Gasteiger partial charge is 0.504 e. The number of aromatic hydroxyl groups is 1. The molecule has 0 saturated carbocycles. The van der Waals surface area contributed by atoms with Gasteiger partial charge in [0.25, 0.3) is 0 Å². The molecule has 1 atom stereocenters. The summed E-state index contributed by atoms with van der Waals surface area (Å²) in [5.74, 6) is 1.99. The van der Waals surface area contributed by atoms with Crippen LogP contribution in [0.15, 0.2) is 42.5 Å². The van der Waals surface area contributed by atoms with Gasteiger partial charge in [0.15, 0.2) is 17.3 Å². The molecule has 2 heterocycles. The van der Waals surface area contributed by atoms with Crippen molar-refractivity contribution >= 4 is 16.7 Å². The van der Waals surface area contributed by atoms with Crippen LogP contribution in [-0.4, -0.2) is 34.8 Å². The van der Waals surface area contributed by atoms with Crippen LogP contribution in [0.1, 0.15) is 32.6 Å². The molecule has 140 valence electrons. The van der Waals surface area contributed by atoms with Gasteiger partial charge in [0.05, 0.1) is 18.2 Å². The average Bonchev–Trinajstić information content (AvgIpc) is 2.73. The second-order valence-electron chi connectivity index (χ2n) is 7.00. The lowest BCUT2D eigenvalue weighted by Crippen LogP contribution is -2.39. The van der Waals surface area contributed by atoms with E-state index in [4.69, 9.17) is 14.7 Å². The fraction of sp³-hybridized carbons (Fsp3) is 0.364. The van der Waals surface area contributed by atoms with Crippen LogP contribution in [0, 0.1) is 0 Å². The lowest BCUT2D eigenvalue weighted by Gasteiger charge is -2.37. The molecule has 1 N–H and O–H groups in total. The number of rotatable bonds is 4. The molecule has 0 unspecified atom stereocenters. The van der Waals surface area contributed by atoms with Crippen LogP contribution < -0.4 is 9.64 Å². The smallest absolute Gasteiger partial charge is 0.168 e. The van der Waals surface area contributed by atoms with Crippen LogP contribution >= 0.6 is 0 Å². The quantitative estimate of drug-likeness (QED) is 0.723. The lowest BCUT2D eigenvalue weighted by molar-refractivity contribution is 0.374. The van der Waals surface area contributed by atoms with Gasteiger partial charge >= 0.3 is 0 Å². The van der Waals surface area contributed by atoms with Crippen molar-refractivity contribution in [3.63, 3.8) is 0 Å². The number of phenols is 1. The van der Waals surface area contributed by atoms with Gasteiger partial charge in [-0.3, -0.25) is 0 Å². The number of piperidine rings is 1. The molecule has 1 aliphatic rings. The molecular weight excluding hydrogens is 338 g/mol. The van der Waals surface area contributed by atoms with Gasteiger partial charge < -0.3 is 14.7 Å². The Morgan fingerprint density at radius 3 is 2.78 bits per heavy atom. The molecule has 0 spiro atoms. The van der Waals surface area contributed by atoms with Crippen molar-refractivity contribution in [3.05, 3.63) is 42.5 Å². The zero-order valence-electron chi connectivity index (χ0n) is 15.9. The topological polar surface area (TPSA) is 58.5 Å². The van der Waals surface area contributed by atoms with Gasteiger partial charge in [-0.25, -0.2) is 9.97 Å². The van der Waals surface area contributed by atoms with E-state index in [2.05, 4.69) is 17.9 Å². The summed E-state index contributed by atoms with van der Waals surface area (Å²) in [5.41, 5.74) is 1.48. The summed E-state index contributed by atoms with van der Waals surface area (Å²) in [6, 6.07) is 14.0. The molecule has 1 aromatic heterocycles. The van der Waals surface area contributed by atoms with Crippen molar-refractivity contribution in [3.8, 4) is 22.9 Å². The molecule has 5 nitrogen and oxygen atoms in total. The van der Waals surface area contributed by atoms with E-state index < -0.39 is 0 Å². The number of anilines is 1. The van der Waals surface area contributed by atoms with Gasteiger partial charge in [0, 0.05) is 18.0 Å². The lowest BCUT2D eigenvalue weighted by atomic mass is 9.99. The summed E-state index contributed by atoms with van der Waals surface area (Å²) in [6.07, 6.45) is 4.72. The highest BCUT2D eigenvalue weighted by atomic mass is 16.5. The number of para-hydroxylation sites is 2. The van der Waals surface area contributed by atoms with Crippen molar-refractivity contribution in [2.45, 2.75) is 38.6 Å². The van der Waals surface area contributed by atoms with Crippen LogP contribution in [0.5, 0.6) is 11.5 Å². The first kappa shape index (κ1) is 17.6. The van der Waals surface area contributed by atoms with E-state index >= 15 is 0 Å². The summed E-state index contributed by atoms with van der Waals surface area (Å²) >= 11 is 0. The maximum atomic E-state index is 10.6. The third kappa shape index (κ3) is 3.18. The molecule has 27 heavy (non-hydrogen) atoms. The second kappa shape index (κ2) is 7.43. The van der Waals surface area contributed by atoms with E-state index in [1.54, 1.807) is 13.2 Å². The maximum absolute atomic E-state index is 10.6. The molecule has 0 bridgehead atoms. The number of aromatic nitrogens is 2. The van der Waals surface area contributed by atoms with Crippen LogP contribution in [0.3, 0.4) is 0 Å². The highest BCUT2D eigenvalue weighted by Crippen LogP contribution is 2.38. The Bertz CT molecular complexity index is 957. The number of phenolic OH excluding ortho intramolecular Hbond substituents is 1. The Morgan fingerprint density at radius 1 is 1.11 bits per heavy atom. The van der Waals surface area contributed by atoms with Gasteiger partial charge in [0.2, 0.25) is 0 Å². The fourth-order valence-electron chi connectivity index (χ4n) is 3.97. The average molecular weight is 363 g/mol. The van der Waals surface area contributed by atoms with Gasteiger partial charge in [-0.2, -0.15) is 0 Å². The predicted molar refractivity (Wildman–Crippen MR) is 108 cm³/mol. The first-order valence-electron chi connectivity index (χ1n) is 9.62. The first-order chi connectivity index (χ1) is 13.2. The van der Waals surface area contributed by atoms with E-state index in [9.17, 15) is 5.11 Å². The Balaban J connectivity index is 1.91. The van der Waals surface area contributed by atoms with Crippen molar-refractivity contribution in [2.75, 3.05) is 18.6 Å². The third-order valence-corrected chi connectivity index (χ3v) is 5.41. The second-order valence-corrected chi connectivity index (χ2v) is 7.00. The van der Waals surface area contributed by atoms with Crippen molar-refractivity contribution < 1.29 is 9.84 Å². The molecular formula is C22H25N3O2.